The molecule has 0 unspecified atom stereocenters. The Morgan fingerprint density at radius 2 is 2.05 bits per heavy atom. The van der Waals surface area contributed by atoms with Crippen LogP contribution < -0.4 is 20.6 Å². The zero-order valence-corrected chi connectivity index (χ0v) is 22.5. The first kappa shape index (κ1) is 26.5. The van der Waals surface area contributed by atoms with Gasteiger partial charge in [0.15, 0.2) is 5.13 Å². The van der Waals surface area contributed by atoms with E-state index in [1.807, 2.05) is 24.3 Å². The van der Waals surface area contributed by atoms with Crippen molar-refractivity contribution in [2.24, 2.45) is 0 Å². The van der Waals surface area contributed by atoms with Crippen molar-refractivity contribution in [3.05, 3.63) is 62.8 Å². The van der Waals surface area contributed by atoms with Gasteiger partial charge in [-0.15, -0.1) is 11.5 Å². The molecule has 0 aliphatic carbocycles. The maximum atomic E-state index is 12.5. The van der Waals surface area contributed by atoms with Crippen molar-refractivity contribution < 1.29 is 9.53 Å². The summed E-state index contributed by atoms with van der Waals surface area (Å²) in [4.78, 5) is 29.7. The Balaban J connectivity index is 0.000000186. The van der Waals surface area contributed by atoms with Crippen molar-refractivity contribution in [3.8, 4) is 23.8 Å². The van der Waals surface area contributed by atoms with E-state index in [-0.39, 0.29) is 18.3 Å². The summed E-state index contributed by atoms with van der Waals surface area (Å²) in [6.07, 6.45) is 7.97. The summed E-state index contributed by atoms with van der Waals surface area (Å²) in [5, 5.41) is 8.31. The number of hydrogen-bond donors (Lipinski definition) is 1. The second-order valence-corrected chi connectivity index (χ2v) is 9.85. The largest absolute Gasteiger partial charge is 0.479 e. The fraction of sp³-hybridized carbons (Fsp3) is 0.280. The van der Waals surface area contributed by atoms with E-state index in [1.54, 1.807) is 24.7 Å². The summed E-state index contributed by atoms with van der Waals surface area (Å²) in [5.74, 6) is 3.51. The highest BCUT2D eigenvalue weighted by molar-refractivity contribution is 7.22. The zero-order valence-electron chi connectivity index (χ0n) is 20.2. The number of benzene rings is 2. The zero-order chi connectivity index (χ0) is 26.5. The number of ether oxygens (including phenoxy) is 1. The second-order valence-electron chi connectivity index (χ2n) is 8.02. The van der Waals surface area contributed by atoms with Crippen LogP contribution in [0, 0.1) is 12.3 Å². The number of halogens is 2. The minimum absolute atomic E-state index is 0.0788. The van der Waals surface area contributed by atoms with E-state index >= 15 is 0 Å². The van der Waals surface area contributed by atoms with E-state index in [0.29, 0.717) is 33.2 Å². The number of carbonyl (C=O) groups is 1. The van der Waals surface area contributed by atoms with Crippen LogP contribution in [0.5, 0.6) is 5.75 Å². The van der Waals surface area contributed by atoms with E-state index in [1.165, 1.54) is 27.0 Å². The standard InChI is InChI=1S/C15H13Cl2N3O2.C10H11N3OS/c1-2-7-22-13-9-12(10(16)8-11(13)17)20-15(21)19-6-4-3-5-14(19)18-20;1-11-9(14)13(2)10-12-7-5-3-4-6-8(7)15-10/h1,8-9H,3-7H2;3-6H,1-2H3,(H,11,14). The molecular formula is C25H24Cl2N6O3S. The Kier molecular flexibility index (Phi) is 8.38. The molecule has 2 amide bonds. The molecule has 0 radical (unpaired) electrons. The van der Waals surface area contributed by atoms with Gasteiger partial charge in [-0.2, -0.15) is 4.68 Å². The van der Waals surface area contributed by atoms with Gasteiger partial charge in [0.25, 0.3) is 0 Å². The third kappa shape index (κ3) is 5.74. The lowest BCUT2D eigenvalue weighted by Gasteiger charge is -2.11. The summed E-state index contributed by atoms with van der Waals surface area (Å²) < 4.78 is 9.43. The Morgan fingerprint density at radius 1 is 1.27 bits per heavy atom. The third-order valence-corrected chi connectivity index (χ3v) is 7.31. The van der Waals surface area contributed by atoms with Gasteiger partial charge in [0.1, 0.15) is 18.2 Å². The predicted molar refractivity (Wildman–Crippen MR) is 148 cm³/mol. The molecule has 2 aromatic carbocycles. The Labute approximate surface area is 227 Å². The number of terminal acetylenes is 1. The van der Waals surface area contributed by atoms with Crippen LogP contribution in [0.4, 0.5) is 9.93 Å². The normalized spacial score (nSPS) is 12.2. The molecule has 0 spiro atoms. The van der Waals surface area contributed by atoms with Crippen molar-refractivity contribution in [2.45, 2.75) is 25.8 Å². The number of fused-ring (bicyclic) bond motifs is 2. The maximum Gasteiger partial charge on any atom is 0.350 e. The SMILES string of the molecule is C#CCOc1cc(-n2nc3n(c2=O)CCCC3)c(Cl)cc1Cl.CNC(=O)N(C)c1nc2ccccc2s1. The van der Waals surface area contributed by atoms with Crippen molar-refractivity contribution in [1.82, 2.24) is 24.6 Å². The lowest BCUT2D eigenvalue weighted by molar-refractivity contribution is 0.249. The quantitative estimate of drug-likeness (QED) is 0.364. The third-order valence-electron chi connectivity index (χ3n) is 5.60. The highest BCUT2D eigenvalue weighted by atomic mass is 35.5. The molecule has 2 aromatic heterocycles. The van der Waals surface area contributed by atoms with Crippen LogP contribution in [0.25, 0.3) is 15.9 Å². The molecular weight excluding hydrogens is 535 g/mol. The summed E-state index contributed by atoms with van der Waals surface area (Å²) in [5.41, 5.74) is 1.15. The van der Waals surface area contributed by atoms with Gasteiger partial charge >= 0.3 is 11.7 Å². The lowest BCUT2D eigenvalue weighted by Crippen LogP contribution is -2.34. The molecule has 9 nitrogen and oxygen atoms in total. The van der Waals surface area contributed by atoms with Crippen LogP contribution >= 0.6 is 34.5 Å². The van der Waals surface area contributed by atoms with E-state index in [4.69, 9.17) is 34.4 Å². The van der Waals surface area contributed by atoms with Gasteiger partial charge in [0.05, 0.1) is 25.9 Å². The van der Waals surface area contributed by atoms with E-state index in [9.17, 15) is 9.59 Å². The number of carbonyl (C=O) groups excluding carboxylic acids is 1. The highest BCUT2D eigenvalue weighted by Gasteiger charge is 2.20. The molecule has 0 atom stereocenters. The van der Waals surface area contributed by atoms with Gasteiger partial charge in [-0.1, -0.05) is 52.6 Å². The average Bonchev–Trinajstić information content (AvgIpc) is 3.49. The first-order valence-electron chi connectivity index (χ1n) is 11.4. The van der Waals surface area contributed by atoms with Crippen LogP contribution in [-0.4, -0.2) is 46.1 Å². The smallest absolute Gasteiger partial charge is 0.350 e. The average molecular weight is 559 g/mol. The molecule has 3 heterocycles. The molecule has 1 aliphatic rings. The van der Waals surface area contributed by atoms with Crippen molar-refractivity contribution in [1.29, 1.82) is 0 Å². The molecule has 37 heavy (non-hydrogen) atoms. The van der Waals surface area contributed by atoms with Crippen molar-refractivity contribution in [3.63, 3.8) is 0 Å². The van der Waals surface area contributed by atoms with Gasteiger partial charge in [0, 0.05) is 33.1 Å². The Bertz CT molecular complexity index is 1500. The molecule has 1 N–H and O–H groups in total. The molecule has 4 aromatic rings. The molecule has 0 bridgehead atoms. The summed E-state index contributed by atoms with van der Waals surface area (Å²) in [7, 11) is 3.31. The number of para-hydroxylation sites is 1. The number of anilines is 1. The van der Waals surface area contributed by atoms with Crippen LogP contribution in [0.1, 0.15) is 18.7 Å². The second kappa shape index (κ2) is 11.7. The number of amides is 2. The molecule has 0 saturated carbocycles. The van der Waals surface area contributed by atoms with E-state index < -0.39 is 0 Å². The number of thiazole rings is 1. The lowest BCUT2D eigenvalue weighted by atomic mass is 10.2. The number of hydrogen-bond acceptors (Lipinski definition) is 6. The first-order valence-corrected chi connectivity index (χ1v) is 13.0. The number of aryl methyl sites for hydroxylation is 1. The molecule has 12 heteroatoms. The van der Waals surface area contributed by atoms with Crippen molar-refractivity contribution in [2.75, 3.05) is 25.6 Å². The van der Waals surface area contributed by atoms with Crippen LogP contribution in [0.3, 0.4) is 0 Å². The van der Waals surface area contributed by atoms with E-state index in [2.05, 4.69) is 21.3 Å². The summed E-state index contributed by atoms with van der Waals surface area (Å²) >= 11 is 13.8. The van der Waals surface area contributed by atoms with Gasteiger partial charge in [0.2, 0.25) is 0 Å². The minimum Gasteiger partial charge on any atom is -0.479 e. The number of rotatable bonds is 4. The summed E-state index contributed by atoms with van der Waals surface area (Å²) in [6.45, 7) is 0.759. The number of nitrogens with zero attached hydrogens (tertiary/aromatic N) is 5. The van der Waals surface area contributed by atoms with Crippen LogP contribution in [-0.2, 0) is 13.0 Å². The summed E-state index contributed by atoms with van der Waals surface area (Å²) in [6, 6.07) is 10.8. The molecule has 192 valence electrons. The predicted octanol–water partition coefficient (Wildman–Crippen LogP) is 4.76. The highest BCUT2D eigenvalue weighted by Crippen LogP contribution is 2.33. The fourth-order valence-corrected chi connectivity index (χ4v) is 5.17. The Morgan fingerprint density at radius 3 is 2.76 bits per heavy atom. The van der Waals surface area contributed by atoms with Gasteiger partial charge in [-0.25, -0.2) is 14.6 Å². The monoisotopic (exact) mass is 558 g/mol. The van der Waals surface area contributed by atoms with Crippen LogP contribution in [0.15, 0.2) is 41.2 Å². The topological polar surface area (TPSA) is 94.3 Å². The van der Waals surface area contributed by atoms with E-state index in [0.717, 1.165) is 35.3 Å². The molecule has 0 fully saturated rings. The van der Waals surface area contributed by atoms with Crippen molar-refractivity contribution >= 4 is 55.9 Å². The van der Waals surface area contributed by atoms with Crippen LogP contribution in [0.2, 0.25) is 10.0 Å². The van der Waals surface area contributed by atoms with Gasteiger partial charge in [-0.05, 0) is 31.0 Å². The molecule has 1 aliphatic heterocycles. The molecule has 5 rings (SSSR count). The first-order chi connectivity index (χ1) is 17.8. The number of urea groups is 1. The fourth-order valence-electron chi connectivity index (χ4n) is 3.73. The van der Waals surface area contributed by atoms with Gasteiger partial charge in [-0.3, -0.25) is 9.47 Å². The number of aromatic nitrogens is 4. The Hall–Kier alpha value is -3.52. The number of nitrogens with one attached hydrogen (secondary N) is 1. The van der Waals surface area contributed by atoms with Gasteiger partial charge < -0.3 is 10.1 Å². The minimum atomic E-state index is -0.207. The molecule has 0 saturated heterocycles. The maximum absolute atomic E-state index is 12.5.